The van der Waals surface area contributed by atoms with Crippen LogP contribution in [0.15, 0.2) is 29.6 Å². The zero-order valence-electron chi connectivity index (χ0n) is 17.0. The number of piperidine rings is 1. The van der Waals surface area contributed by atoms with Gasteiger partial charge in [-0.3, -0.25) is 29.0 Å². The Labute approximate surface area is 182 Å². The van der Waals surface area contributed by atoms with E-state index in [1.807, 2.05) is 0 Å². The van der Waals surface area contributed by atoms with Gasteiger partial charge in [-0.2, -0.15) is 0 Å². The number of fused-ring (bicyclic) bond motifs is 2. The number of aliphatic hydroxyl groups excluding tert-OH is 1. The first-order chi connectivity index (χ1) is 14.6. The molecule has 0 bridgehead atoms. The number of Topliss-reactive ketones (excluding diaryl/α,β-unsaturated/α-hetero) is 1. The van der Waals surface area contributed by atoms with Crippen molar-refractivity contribution in [3.63, 3.8) is 0 Å². The van der Waals surface area contributed by atoms with Crippen molar-refractivity contribution >= 4 is 35.1 Å². The lowest BCUT2D eigenvalue weighted by Crippen LogP contribution is -2.57. The second-order valence-corrected chi connectivity index (χ2v) is 8.69. The minimum absolute atomic E-state index is 0.0439. The van der Waals surface area contributed by atoms with Gasteiger partial charge in [0.25, 0.3) is 11.8 Å². The van der Waals surface area contributed by atoms with Crippen molar-refractivity contribution in [3.05, 3.63) is 46.0 Å². The maximum atomic E-state index is 13.4. The van der Waals surface area contributed by atoms with Crippen molar-refractivity contribution < 1.29 is 28.7 Å². The maximum Gasteiger partial charge on any atom is 0.297 e. The molecule has 164 valence electrons. The summed E-state index contributed by atoms with van der Waals surface area (Å²) in [6.45, 7) is 3.05. The highest BCUT2D eigenvalue weighted by atomic mass is 35.5. The van der Waals surface area contributed by atoms with Crippen molar-refractivity contribution in [3.8, 4) is 0 Å². The molecule has 0 radical (unpaired) electrons. The number of nitrogens with zero attached hydrogens (tertiary/aromatic N) is 3. The monoisotopic (exact) mass is 449 g/mol. The van der Waals surface area contributed by atoms with E-state index in [2.05, 4.69) is 0 Å². The van der Waals surface area contributed by atoms with Crippen LogP contribution in [-0.2, 0) is 25.7 Å². The standard InChI is InChI=1S/C21H21ClFN3O5/c1-21(2)20(31)25(7-8-27)17-12-5-6-24(10-11-3-4-14(23)13(22)9-11)18(29)15(12)16(28)19(30)26(17)21/h3-4,9,15,27H,5-8,10H2,1-2H3. The molecule has 2 saturated heterocycles. The first kappa shape index (κ1) is 21.5. The van der Waals surface area contributed by atoms with Gasteiger partial charge in [0.15, 0.2) is 0 Å². The van der Waals surface area contributed by atoms with Gasteiger partial charge in [0.2, 0.25) is 11.7 Å². The molecule has 1 unspecified atom stereocenters. The maximum absolute atomic E-state index is 13.4. The number of aliphatic hydroxyl groups is 1. The van der Waals surface area contributed by atoms with Crippen LogP contribution in [0.4, 0.5) is 4.39 Å². The molecule has 4 rings (SSSR count). The summed E-state index contributed by atoms with van der Waals surface area (Å²) in [5.74, 6) is -4.41. The van der Waals surface area contributed by atoms with E-state index in [9.17, 15) is 28.7 Å². The summed E-state index contributed by atoms with van der Waals surface area (Å²) in [4.78, 5) is 55.9. The normalized spacial score (nSPS) is 23.0. The SMILES string of the molecule is CC1(C)C(=O)N(CCO)C2=C3CCN(Cc4ccc(F)c(Cl)c4)C(=O)C3C(=O)C(=O)N21. The fourth-order valence-electron chi connectivity index (χ4n) is 4.48. The van der Waals surface area contributed by atoms with Crippen LogP contribution < -0.4 is 0 Å². The van der Waals surface area contributed by atoms with E-state index in [0.717, 1.165) is 4.90 Å². The molecule has 8 nitrogen and oxygen atoms in total. The number of benzene rings is 1. The molecule has 1 N–H and O–H groups in total. The van der Waals surface area contributed by atoms with Gasteiger partial charge < -0.3 is 10.0 Å². The van der Waals surface area contributed by atoms with E-state index in [-0.39, 0.29) is 43.5 Å². The number of ketones is 1. The Bertz CT molecular complexity index is 1050. The van der Waals surface area contributed by atoms with Crippen LogP contribution in [0.2, 0.25) is 5.02 Å². The predicted octanol–water partition coefficient (Wildman–Crippen LogP) is 1.06. The lowest BCUT2D eigenvalue weighted by molar-refractivity contribution is -0.154. The van der Waals surface area contributed by atoms with E-state index in [0.29, 0.717) is 11.1 Å². The molecule has 0 saturated carbocycles. The summed E-state index contributed by atoms with van der Waals surface area (Å²) in [6.07, 6.45) is 0.279. The zero-order valence-corrected chi connectivity index (χ0v) is 17.8. The molecule has 10 heteroatoms. The number of halogens is 2. The van der Waals surface area contributed by atoms with Crippen LogP contribution >= 0.6 is 11.6 Å². The van der Waals surface area contributed by atoms with Gasteiger partial charge in [0.05, 0.1) is 18.2 Å². The Morgan fingerprint density at radius 2 is 1.94 bits per heavy atom. The minimum atomic E-state index is -1.31. The van der Waals surface area contributed by atoms with Gasteiger partial charge in [-0.05, 0) is 43.5 Å². The Hall–Kier alpha value is -2.78. The molecule has 31 heavy (non-hydrogen) atoms. The lowest BCUT2D eigenvalue weighted by atomic mass is 9.83. The van der Waals surface area contributed by atoms with Gasteiger partial charge in [-0.15, -0.1) is 0 Å². The minimum Gasteiger partial charge on any atom is -0.395 e. The lowest BCUT2D eigenvalue weighted by Gasteiger charge is -2.40. The van der Waals surface area contributed by atoms with Crippen LogP contribution in [0.1, 0.15) is 25.8 Å². The van der Waals surface area contributed by atoms with Crippen molar-refractivity contribution in [2.45, 2.75) is 32.4 Å². The molecule has 1 aromatic carbocycles. The van der Waals surface area contributed by atoms with E-state index in [4.69, 9.17) is 11.6 Å². The Morgan fingerprint density at radius 1 is 1.23 bits per heavy atom. The number of carbonyl (C=O) groups excluding carboxylic acids is 4. The highest BCUT2D eigenvalue weighted by molar-refractivity contribution is 6.43. The second kappa shape index (κ2) is 7.42. The fraction of sp³-hybridized carbons (Fsp3) is 0.429. The fourth-order valence-corrected chi connectivity index (χ4v) is 4.69. The van der Waals surface area contributed by atoms with Crippen molar-refractivity contribution in [2.75, 3.05) is 19.7 Å². The molecule has 1 aromatic rings. The summed E-state index contributed by atoms with van der Waals surface area (Å²) < 4.78 is 13.4. The van der Waals surface area contributed by atoms with Crippen LogP contribution in [0.25, 0.3) is 0 Å². The molecule has 0 aromatic heterocycles. The number of hydrogen-bond acceptors (Lipinski definition) is 5. The first-order valence-corrected chi connectivity index (χ1v) is 10.2. The average Bonchev–Trinajstić information content (AvgIpc) is 2.91. The topological polar surface area (TPSA) is 98.2 Å². The van der Waals surface area contributed by atoms with Gasteiger partial charge in [-0.25, -0.2) is 4.39 Å². The average molecular weight is 450 g/mol. The summed E-state index contributed by atoms with van der Waals surface area (Å²) in [5, 5.41) is 9.35. The molecule has 0 aliphatic carbocycles. The van der Waals surface area contributed by atoms with Crippen LogP contribution in [0, 0.1) is 11.7 Å². The molecular formula is C21H21ClFN3O5. The van der Waals surface area contributed by atoms with Crippen LogP contribution in [0.3, 0.4) is 0 Å². The third-order valence-electron chi connectivity index (χ3n) is 6.00. The van der Waals surface area contributed by atoms with Crippen molar-refractivity contribution in [1.29, 1.82) is 0 Å². The molecule has 3 amide bonds. The third-order valence-corrected chi connectivity index (χ3v) is 6.29. The van der Waals surface area contributed by atoms with Crippen molar-refractivity contribution in [2.24, 2.45) is 5.92 Å². The molecule has 3 aliphatic rings. The van der Waals surface area contributed by atoms with Crippen molar-refractivity contribution in [1.82, 2.24) is 14.7 Å². The highest BCUT2D eigenvalue weighted by Gasteiger charge is 2.59. The summed E-state index contributed by atoms with van der Waals surface area (Å²) in [5.41, 5.74) is -0.290. The zero-order chi connectivity index (χ0) is 22.7. The quantitative estimate of drug-likeness (QED) is 0.547. The number of rotatable bonds is 4. The number of carbonyl (C=O) groups is 4. The van der Waals surface area contributed by atoms with Crippen LogP contribution in [0.5, 0.6) is 0 Å². The summed E-state index contributed by atoms with van der Waals surface area (Å²) in [7, 11) is 0. The number of hydrogen-bond donors (Lipinski definition) is 1. The molecule has 1 atom stereocenters. The summed E-state index contributed by atoms with van der Waals surface area (Å²) >= 11 is 5.82. The number of amides is 3. The first-order valence-electron chi connectivity index (χ1n) is 9.86. The molecular weight excluding hydrogens is 429 g/mol. The van der Waals surface area contributed by atoms with E-state index in [1.165, 1.54) is 41.8 Å². The number of likely N-dealkylation sites (tertiary alicyclic amines) is 1. The smallest absolute Gasteiger partial charge is 0.297 e. The van der Waals surface area contributed by atoms with E-state index >= 15 is 0 Å². The number of β-amino-alcohol motifs (C(OH)–C–C–N with tert-alkyl or cyclic N) is 1. The third kappa shape index (κ3) is 3.14. The highest BCUT2D eigenvalue weighted by Crippen LogP contribution is 2.43. The molecule has 3 aliphatic heterocycles. The van der Waals surface area contributed by atoms with Gasteiger partial charge in [-0.1, -0.05) is 17.7 Å². The van der Waals surface area contributed by atoms with Gasteiger partial charge in [0, 0.05) is 13.1 Å². The largest absolute Gasteiger partial charge is 0.395 e. The molecule has 0 spiro atoms. The van der Waals surface area contributed by atoms with E-state index in [1.54, 1.807) is 0 Å². The Kier molecular flexibility index (Phi) is 5.13. The van der Waals surface area contributed by atoms with Gasteiger partial charge in [0.1, 0.15) is 23.1 Å². The van der Waals surface area contributed by atoms with E-state index < -0.39 is 40.8 Å². The Morgan fingerprint density at radius 3 is 2.58 bits per heavy atom. The summed E-state index contributed by atoms with van der Waals surface area (Å²) in [6, 6.07) is 4.11. The van der Waals surface area contributed by atoms with Crippen LogP contribution in [-0.4, -0.2) is 68.5 Å². The second-order valence-electron chi connectivity index (χ2n) is 8.28. The Balaban J connectivity index is 1.72. The molecule has 3 heterocycles. The molecule has 2 fully saturated rings. The predicted molar refractivity (Wildman–Crippen MR) is 107 cm³/mol. The van der Waals surface area contributed by atoms with Gasteiger partial charge >= 0.3 is 0 Å².